The van der Waals surface area contributed by atoms with Crippen molar-refractivity contribution in [1.82, 2.24) is 49.2 Å². The number of para-hydroxylation sites is 1. The molecule has 7 aromatic rings. The topological polar surface area (TPSA) is 364 Å². The van der Waals surface area contributed by atoms with Gasteiger partial charge in [0.1, 0.15) is 42.9 Å². The van der Waals surface area contributed by atoms with E-state index in [0.29, 0.717) is 12.8 Å². The summed E-state index contributed by atoms with van der Waals surface area (Å²) in [4.78, 5) is 52.7. The van der Waals surface area contributed by atoms with Gasteiger partial charge in [0.15, 0.2) is 58.3 Å². The Bertz CT molecular complexity index is 3900. The zero-order valence-corrected chi connectivity index (χ0v) is 53.7. The molecule has 12 unspecified atom stereocenters. The maximum absolute atomic E-state index is 17.4. The van der Waals surface area contributed by atoms with Crippen molar-refractivity contribution in [3.05, 3.63) is 84.9 Å². The number of carbonyl (C=O) groups excluding carboxylic acids is 2. The maximum Gasteiger partial charge on any atom is 0.459 e. The first kappa shape index (κ1) is 69.0. The van der Waals surface area contributed by atoms with Gasteiger partial charge in [0.25, 0.3) is 11.7 Å². The number of imidazole rings is 2. The summed E-state index contributed by atoms with van der Waals surface area (Å²) in [6, 6.07) is 13.1. The van der Waals surface area contributed by atoms with E-state index in [1.165, 1.54) is 55.5 Å². The average Bonchev–Trinajstić information content (AvgIpc) is 1.58. The van der Waals surface area contributed by atoms with Crippen LogP contribution in [0.1, 0.15) is 100 Å². The number of alkyl halides is 4. The Labute approximate surface area is 525 Å². The smallest absolute Gasteiger partial charge is 0.459 e. The number of nitrogens with one attached hydrogen (secondary N) is 2. The van der Waals surface area contributed by atoms with E-state index in [0.717, 1.165) is 35.6 Å². The fourth-order valence-corrected chi connectivity index (χ4v) is 13.3. The Kier molecular flexibility index (Phi) is 20.2. The number of anilines is 2. The predicted molar refractivity (Wildman–Crippen MR) is 324 cm³/mol. The van der Waals surface area contributed by atoms with Crippen molar-refractivity contribution < 1.29 is 93.0 Å². The number of esters is 2. The number of aliphatic hydroxyl groups is 2. The first-order valence-electron chi connectivity index (χ1n) is 29.4. The number of halogens is 4. The van der Waals surface area contributed by atoms with Crippen LogP contribution in [0.25, 0.3) is 33.1 Å². The minimum atomic E-state index is -5.17. The number of aromatic nitrogens is 8. The molecule has 9 rings (SSSR count). The molecule has 2 fully saturated rings. The molecule has 34 heteroatoms. The van der Waals surface area contributed by atoms with E-state index in [4.69, 9.17) is 58.0 Å². The number of benzene rings is 3. The molecule has 0 spiro atoms. The molecule has 2 aliphatic heterocycles. The van der Waals surface area contributed by atoms with Crippen LogP contribution in [0.2, 0.25) is 0 Å². The lowest BCUT2D eigenvalue weighted by Crippen LogP contribution is -2.47. The van der Waals surface area contributed by atoms with Crippen LogP contribution in [0, 0.1) is 5.41 Å². The summed E-state index contributed by atoms with van der Waals surface area (Å²) in [7, 11) is -10.3. The van der Waals surface area contributed by atoms with Crippen LogP contribution in [-0.2, 0) is 53.1 Å². The van der Waals surface area contributed by atoms with Gasteiger partial charge in [-0.05, 0) is 88.4 Å². The summed E-state index contributed by atoms with van der Waals surface area (Å²) in [6.07, 6.45) is -7.70. The van der Waals surface area contributed by atoms with E-state index < -0.39 is 118 Å². The summed E-state index contributed by atoms with van der Waals surface area (Å²) in [5, 5.41) is 28.3. The molecule has 28 nitrogen and oxygen atoms in total. The summed E-state index contributed by atoms with van der Waals surface area (Å²) >= 11 is 0. The highest BCUT2D eigenvalue weighted by Crippen LogP contribution is 2.55. The summed E-state index contributed by atoms with van der Waals surface area (Å²) in [5.41, 5.74) is 5.35. The van der Waals surface area contributed by atoms with Crippen molar-refractivity contribution in [2.75, 3.05) is 44.5 Å². The number of nitrogens with two attached hydrogens (primary N) is 2. The average molecular weight is 1330 g/mol. The number of carbonyl (C=O) groups is 2. The van der Waals surface area contributed by atoms with Crippen molar-refractivity contribution in [2.45, 2.75) is 154 Å². The van der Waals surface area contributed by atoms with Crippen LogP contribution >= 0.6 is 15.5 Å². The second-order valence-electron chi connectivity index (χ2n) is 23.5. The Morgan fingerprint density at radius 1 is 0.696 bits per heavy atom. The second-order valence-corrected chi connectivity index (χ2v) is 26.9. The van der Waals surface area contributed by atoms with E-state index in [9.17, 15) is 19.8 Å². The van der Waals surface area contributed by atoms with Gasteiger partial charge in [0.05, 0.1) is 32.5 Å². The lowest BCUT2D eigenvalue weighted by molar-refractivity contribution is -0.203. The number of hydrogen-bond donors (Lipinski definition) is 6. The third kappa shape index (κ3) is 14.5. The van der Waals surface area contributed by atoms with Crippen molar-refractivity contribution in [3.63, 3.8) is 0 Å². The van der Waals surface area contributed by atoms with Crippen LogP contribution in [0.3, 0.4) is 0 Å². The first-order chi connectivity index (χ1) is 43.3. The molecule has 0 amide bonds. The van der Waals surface area contributed by atoms with Gasteiger partial charge < -0.3 is 59.1 Å². The Morgan fingerprint density at radius 3 is 1.70 bits per heavy atom. The lowest BCUT2D eigenvalue weighted by atomic mass is 9.97. The third-order valence-electron chi connectivity index (χ3n) is 14.9. The monoisotopic (exact) mass is 1330 g/mol. The predicted octanol–water partition coefficient (Wildman–Crippen LogP) is 8.56. The number of nitrogens with zero attached hydrogens (tertiary/aromatic N) is 8. The van der Waals surface area contributed by atoms with Gasteiger partial charge >= 0.3 is 27.4 Å². The molecule has 2 saturated heterocycles. The molecule has 6 heterocycles. The molecule has 0 aliphatic carbocycles. The maximum atomic E-state index is 17.4. The van der Waals surface area contributed by atoms with Crippen molar-refractivity contribution in [1.29, 1.82) is 0 Å². The molecule has 0 bridgehead atoms. The van der Waals surface area contributed by atoms with Crippen molar-refractivity contribution >= 4 is 72.4 Å². The zero-order valence-electron chi connectivity index (χ0n) is 52.0. The van der Waals surface area contributed by atoms with E-state index in [1.807, 2.05) is 0 Å². The van der Waals surface area contributed by atoms with Gasteiger partial charge in [-0.25, -0.2) is 36.7 Å². The largest absolute Gasteiger partial charge is 0.476 e. The summed E-state index contributed by atoms with van der Waals surface area (Å²) in [6.45, 7) is 12.4. The normalized spacial score (nSPS) is 25.4. The van der Waals surface area contributed by atoms with Gasteiger partial charge in [-0.3, -0.25) is 27.8 Å². The third-order valence-corrected chi connectivity index (χ3v) is 18.1. The SMILES string of the molecule is CCOc1nc(N)nc2c1ncn2C1OC(F)(COP(=O)(NC(Cc2cccc3c(OP(=O)(NC(C)C(=O)OCC(C)(C)C)OCC4(F)OC(n5cnc6c(OCC)nc(N)nc65)C(C)(F)C4O)cccc23)C(=O)OC(CC)CC)Oc2ccccc2)C(O)C1(C)F. The van der Waals surface area contributed by atoms with Gasteiger partial charge in [0, 0.05) is 5.39 Å². The number of nitrogen functional groups attached to an aromatic ring is 2. The summed E-state index contributed by atoms with van der Waals surface area (Å²) < 4.78 is 158. The van der Waals surface area contributed by atoms with Crippen LogP contribution in [0.15, 0.2) is 79.4 Å². The van der Waals surface area contributed by atoms with E-state index in [1.54, 1.807) is 66.7 Å². The number of ether oxygens (including phenoxy) is 6. The summed E-state index contributed by atoms with van der Waals surface area (Å²) in [5.74, 6) is -10.1. The van der Waals surface area contributed by atoms with E-state index in [-0.39, 0.29) is 93.6 Å². The molecule has 12 atom stereocenters. The Hall–Kier alpha value is -7.38. The van der Waals surface area contributed by atoms with Crippen LogP contribution in [0.5, 0.6) is 23.3 Å². The lowest BCUT2D eigenvalue weighted by Gasteiger charge is -2.29. The van der Waals surface area contributed by atoms with Crippen molar-refractivity contribution in [3.8, 4) is 23.3 Å². The Balaban J connectivity index is 1.03. The van der Waals surface area contributed by atoms with Gasteiger partial charge in [-0.15, -0.1) is 0 Å². The van der Waals surface area contributed by atoms with Crippen LogP contribution in [-0.4, -0.2) is 148 Å². The quantitative estimate of drug-likeness (QED) is 0.0152. The standard InChI is InChI=1S/C58H74F4N12O16P2/c1-11-34(12-2)86-47(76)38(72-92(80,89-35-21-16-15-17-22-35)85-29-58(62)49(78)56(10,60)51(88-58)74-31-66-41-43(74)68-53(64)70-45(41)82-14-4)26-33-20-18-24-37-36(33)23-19-25-39(37)90-91(79,71-32(5)46(75)83-27-54(6,7)8)84-28-57(61)48(77)55(9,59)50(87-57)73-30-65-40-42(73)67-52(63)69-44(40)81-13-3/h15-25,30-32,34,38,48-51,77-78H,11-14,26-29H2,1-10H3,(H,71,79)(H,72,80)(H2,63,67,69)(H2,64,68,70). The van der Waals surface area contributed by atoms with Gasteiger partial charge in [0.2, 0.25) is 23.7 Å². The molecule has 500 valence electrons. The number of rotatable bonds is 28. The van der Waals surface area contributed by atoms with Crippen molar-refractivity contribution in [2.24, 2.45) is 5.41 Å². The van der Waals surface area contributed by atoms with Crippen LogP contribution in [0.4, 0.5) is 29.5 Å². The molecule has 0 saturated carbocycles. The number of aliphatic hydroxyl groups excluding tert-OH is 2. The second kappa shape index (κ2) is 26.9. The van der Waals surface area contributed by atoms with E-state index in [2.05, 4.69) is 40.1 Å². The fraction of sp³-hybridized carbons (Fsp3) is 0.517. The number of fused-ring (bicyclic) bond motifs is 3. The molecular formula is C58H74F4N12O16P2. The zero-order chi connectivity index (χ0) is 66.9. The highest BCUT2D eigenvalue weighted by molar-refractivity contribution is 7.52. The molecular weight excluding hydrogens is 1260 g/mol. The van der Waals surface area contributed by atoms with Crippen LogP contribution < -0.4 is 40.2 Å². The minimum absolute atomic E-state index is 0.00229. The van der Waals surface area contributed by atoms with E-state index >= 15 is 26.7 Å². The highest BCUT2D eigenvalue weighted by Gasteiger charge is 2.67. The molecule has 8 N–H and O–H groups in total. The molecule has 92 heavy (non-hydrogen) atoms. The Morgan fingerprint density at radius 2 is 1.20 bits per heavy atom. The molecule has 2 aliphatic rings. The fourth-order valence-electron chi connectivity index (χ4n) is 10.2. The minimum Gasteiger partial charge on any atom is -0.476 e. The first-order valence-corrected chi connectivity index (χ1v) is 32.5. The number of hydrogen-bond acceptors (Lipinski definition) is 24. The molecule has 4 aromatic heterocycles. The van der Waals surface area contributed by atoms with Gasteiger partial charge in [-0.2, -0.15) is 30.1 Å². The molecule has 3 aromatic carbocycles. The van der Waals surface area contributed by atoms with Gasteiger partial charge in [-0.1, -0.05) is 83.1 Å². The molecule has 0 radical (unpaired) electrons. The highest BCUT2D eigenvalue weighted by atomic mass is 31.2.